The fourth-order valence-corrected chi connectivity index (χ4v) is 3.35. The average Bonchev–Trinajstić information content (AvgIpc) is 2.93. The Labute approximate surface area is 137 Å². The standard InChI is InChI=1S/C21H13FN2/c22-15-10-11-20-17(13-15)18-12-14-6-4-5-9-19(14)23-21(18)24(20)16-7-2-1-3-8-16/h1-13H. The van der Waals surface area contributed by atoms with Crippen LogP contribution in [0, 0.1) is 5.82 Å². The van der Waals surface area contributed by atoms with Crippen molar-refractivity contribution >= 4 is 32.8 Å². The molecule has 0 amide bonds. The third kappa shape index (κ3) is 1.85. The lowest BCUT2D eigenvalue weighted by molar-refractivity contribution is 0.629. The van der Waals surface area contributed by atoms with E-state index >= 15 is 0 Å². The normalized spacial score (nSPS) is 11.5. The highest BCUT2D eigenvalue weighted by Crippen LogP contribution is 2.33. The Bertz CT molecular complexity index is 1210. The quantitative estimate of drug-likeness (QED) is 0.401. The molecule has 2 nitrogen and oxygen atoms in total. The molecule has 0 atom stereocenters. The Morgan fingerprint density at radius 3 is 2.42 bits per heavy atom. The molecular formula is C21H13FN2. The first-order valence-electron chi connectivity index (χ1n) is 7.86. The van der Waals surface area contributed by atoms with Crippen molar-refractivity contribution in [3.63, 3.8) is 0 Å². The zero-order valence-electron chi connectivity index (χ0n) is 12.8. The lowest BCUT2D eigenvalue weighted by Crippen LogP contribution is -1.95. The van der Waals surface area contributed by atoms with Crippen LogP contribution in [0.1, 0.15) is 0 Å². The number of halogens is 1. The summed E-state index contributed by atoms with van der Waals surface area (Å²) in [6, 6.07) is 25.1. The molecule has 24 heavy (non-hydrogen) atoms. The Balaban J connectivity index is 2.03. The Kier molecular flexibility index (Phi) is 2.71. The van der Waals surface area contributed by atoms with Gasteiger partial charge in [0.25, 0.3) is 0 Å². The SMILES string of the molecule is Fc1ccc2c(c1)c1cc3ccccc3nc1n2-c1ccccc1. The molecule has 2 aromatic heterocycles. The predicted octanol–water partition coefficient (Wildman–Crippen LogP) is 5.47. The first-order valence-corrected chi connectivity index (χ1v) is 7.86. The first kappa shape index (κ1) is 13.3. The largest absolute Gasteiger partial charge is 0.294 e. The van der Waals surface area contributed by atoms with E-state index in [1.54, 1.807) is 6.07 Å². The van der Waals surface area contributed by atoms with Crippen LogP contribution >= 0.6 is 0 Å². The molecule has 0 aliphatic heterocycles. The van der Waals surface area contributed by atoms with E-state index in [4.69, 9.17) is 4.98 Å². The number of aromatic nitrogens is 2. The minimum Gasteiger partial charge on any atom is -0.294 e. The van der Waals surface area contributed by atoms with Crippen molar-refractivity contribution < 1.29 is 4.39 Å². The van der Waals surface area contributed by atoms with Gasteiger partial charge in [-0.2, -0.15) is 0 Å². The van der Waals surface area contributed by atoms with E-state index in [0.717, 1.165) is 38.5 Å². The number of hydrogen-bond acceptors (Lipinski definition) is 1. The molecule has 0 spiro atoms. The van der Waals surface area contributed by atoms with Crippen LogP contribution in [-0.2, 0) is 0 Å². The summed E-state index contributed by atoms with van der Waals surface area (Å²) in [6.07, 6.45) is 0. The maximum atomic E-state index is 13.9. The fraction of sp³-hybridized carbons (Fsp3) is 0. The Morgan fingerprint density at radius 1 is 0.750 bits per heavy atom. The number of hydrogen-bond donors (Lipinski definition) is 0. The number of rotatable bonds is 1. The van der Waals surface area contributed by atoms with Gasteiger partial charge < -0.3 is 0 Å². The molecule has 2 heterocycles. The van der Waals surface area contributed by atoms with Crippen molar-refractivity contribution in [2.24, 2.45) is 0 Å². The molecule has 0 N–H and O–H groups in total. The van der Waals surface area contributed by atoms with Crippen molar-refractivity contribution in [1.82, 2.24) is 9.55 Å². The van der Waals surface area contributed by atoms with E-state index in [0.29, 0.717) is 0 Å². The number of pyridine rings is 1. The van der Waals surface area contributed by atoms with Gasteiger partial charge in [-0.05, 0) is 42.5 Å². The van der Waals surface area contributed by atoms with E-state index in [1.807, 2.05) is 60.7 Å². The molecule has 0 aliphatic carbocycles. The van der Waals surface area contributed by atoms with E-state index in [2.05, 4.69) is 10.6 Å². The third-order valence-corrected chi connectivity index (χ3v) is 4.42. The van der Waals surface area contributed by atoms with Crippen LogP contribution in [0.2, 0.25) is 0 Å². The Hall–Kier alpha value is -3.20. The van der Waals surface area contributed by atoms with Crippen LogP contribution in [0.15, 0.2) is 78.9 Å². The summed E-state index contributed by atoms with van der Waals surface area (Å²) < 4.78 is 16.0. The van der Waals surface area contributed by atoms with Crippen LogP contribution in [0.25, 0.3) is 38.5 Å². The number of para-hydroxylation sites is 2. The van der Waals surface area contributed by atoms with Gasteiger partial charge in [-0.3, -0.25) is 4.57 Å². The summed E-state index contributed by atoms with van der Waals surface area (Å²) in [6.45, 7) is 0. The summed E-state index contributed by atoms with van der Waals surface area (Å²) in [4.78, 5) is 4.86. The van der Waals surface area contributed by atoms with E-state index in [-0.39, 0.29) is 5.82 Å². The van der Waals surface area contributed by atoms with Crippen molar-refractivity contribution in [3.05, 3.63) is 84.7 Å². The van der Waals surface area contributed by atoms with Gasteiger partial charge >= 0.3 is 0 Å². The van der Waals surface area contributed by atoms with Crippen molar-refractivity contribution in [2.45, 2.75) is 0 Å². The number of nitrogens with zero attached hydrogens (tertiary/aromatic N) is 2. The van der Waals surface area contributed by atoms with Crippen molar-refractivity contribution in [3.8, 4) is 5.69 Å². The second kappa shape index (κ2) is 4.90. The predicted molar refractivity (Wildman–Crippen MR) is 96.0 cm³/mol. The highest BCUT2D eigenvalue weighted by Gasteiger charge is 2.14. The molecular weight excluding hydrogens is 299 g/mol. The van der Waals surface area contributed by atoms with Gasteiger partial charge in [-0.15, -0.1) is 0 Å². The third-order valence-electron chi connectivity index (χ3n) is 4.42. The van der Waals surface area contributed by atoms with Crippen LogP contribution in [0.3, 0.4) is 0 Å². The highest BCUT2D eigenvalue weighted by molar-refractivity contribution is 6.11. The van der Waals surface area contributed by atoms with Crippen molar-refractivity contribution in [2.75, 3.05) is 0 Å². The second-order valence-electron chi connectivity index (χ2n) is 5.88. The molecule has 0 saturated carbocycles. The van der Waals surface area contributed by atoms with Crippen LogP contribution < -0.4 is 0 Å². The average molecular weight is 312 g/mol. The number of fused-ring (bicyclic) bond motifs is 4. The molecule has 3 heteroatoms. The zero-order valence-corrected chi connectivity index (χ0v) is 12.8. The second-order valence-corrected chi connectivity index (χ2v) is 5.88. The Morgan fingerprint density at radius 2 is 1.54 bits per heavy atom. The molecule has 3 aromatic carbocycles. The van der Waals surface area contributed by atoms with E-state index in [1.165, 1.54) is 6.07 Å². The lowest BCUT2D eigenvalue weighted by atomic mass is 10.1. The van der Waals surface area contributed by atoms with E-state index in [9.17, 15) is 4.39 Å². The fourth-order valence-electron chi connectivity index (χ4n) is 3.35. The van der Waals surface area contributed by atoms with Gasteiger partial charge in [-0.1, -0.05) is 36.4 Å². The van der Waals surface area contributed by atoms with Gasteiger partial charge in [0.2, 0.25) is 0 Å². The van der Waals surface area contributed by atoms with Crippen LogP contribution in [-0.4, -0.2) is 9.55 Å². The monoisotopic (exact) mass is 312 g/mol. The van der Waals surface area contributed by atoms with E-state index < -0.39 is 0 Å². The topological polar surface area (TPSA) is 17.8 Å². The molecule has 0 aliphatic rings. The van der Waals surface area contributed by atoms with Gasteiger partial charge in [0.1, 0.15) is 11.5 Å². The van der Waals surface area contributed by atoms with Gasteiger partial charge in [0.15, 0.2) is 0 Å². The molecule has 5 rings (SSSR count). The summed E-state index contributed by atoms with van der Waals surface area (Å²) in [7, 11) is 0. The lowest BCUT2D eigenvalue weighted by Gasteiger charge is -2.07. The highest BCUT2D eigenvalue weighted by atomic mass is 19.1. The number of benzene rings is 3. The molecule has 5 aromatic rings. The molecule has 114 valence electrons. The molecule has 0 bridgehead atoms. The van der Waals surface area contributed by atoms with Gasteiger partial charge in [0, 0.05) is 21.8 Å². The summed E-state index contributed by atoms with van der Waals surface area (Å²) >= 11 is 0. The summed E-state index contributed by atoms with van der Waals surface area (Å²) in [5.74, 6) is -0.234. The molecule has 0 unspecified atom stereocenters. The smallest absolute Gasteiger partial charge is 0.146 e. The minimum absolute atomic E-state index is 0.234. The molecule has 0 fully saturated rings. The van der Waals surface area contributed by atoms with Crippen LogP contribution in [0.4, 0.5) is 4.39 Å². The minimum atomic E-state index is -0.234. The summed E-state index contributed by atoms with van der Waals surface area (Å²) in [5, 5.41) is 2.90. The molecule has 0 radical (unpaired) electrons. The van der Waals surface area contributed by atoms with Crippen LogP contribution in [0.5, 0.6) is 0 Å². The first-order chi connectivity index (χ1) is 11.8. The van der Waals surface area contributed by atoms with Gasteiger partial charge in [0.05, 0.1) is 11.0 Å². The summed E-state index contributed by atoms with van der Waals surface area (Å²) in [5.41, 5.74) is 3.76. The molecule has 0 saturated heterocycles. The maximum absolute atomic E-state index is 13.9. The maximum Gasteiger partial charge on any atom is 0.146 e. The van der Waals surface area contributed by atoms with Crippen molar-refractivity contribution in [1.29, 1.82) is 0 Å². The zero-order chi connectivity index (χ0) is 16.1. The van der Waals surface area contributed by atoms with Gasteiger partial charge in [-0.25, -0.2) is 9.37 Å².